The Balaban J connectivity index is 2.82. The minimum atomic E-state index is -0.935. The van der Waals surface area contributed by atoms with E-state index in [0.29, 0.717) is 19.5 Å². The van der Waals surface area contributed by atoms with Crippen LogP contribution in [0.4, 0.5) is 4.79 Å². The predicted molar refractivity (Wildman–Crippen MR) is 70.9 cm³/mol. The van der Waals surface area contributed by atoms with Crippen LogP contribution in [-0.2, 0) is 4.79 Å². The largest absolute Gasteiger partial charge is 0.480 e. The van der Waals surface area contributed by atoms with Gasteiger partial charge in [0.2, 0.25) is 0 Å². The number of urea groups is 1. The van der Waals surface area contributed by atoms with Gasteiger partial charge in [0.25, 0.3) is 0 Å². The van der Waals surface area contributed by atoms with Crippen LogP contribution in [0.3, 0.4) is 0 Å². The number of carbonyl (C=O) groups is 2. The molecule has 0 aromatic rings. The Bertz CT molecular complexity index is 309. The summed E-state index contributed by atoms with van der Waals surface area (Å²) < 4.78 is 0. The summed E-state index contributed by atoms with van der Waals surface area (Å²) in [5.41, 5.74) is 0. The number of aliphatic hydroxyl groups is 1. The normalized spacial score (nSPS) is 20.5. The van der Waals surface area contributed by atoms with Crippen LogP contribution in [0, 0.1) is 0 Å². The summed E-state index contributed by atoms with van der Waals surface area (Å²) in [6, 6.07) is -1.01. The predicted octanol–water partition coefficient (Wildman–Crippen LogP) is 1.14. The molecular weight excluding hydrogens is 248 g/mol. The van der Waals surface area contributed by atoms with Gasteiger partial charge in [-0.15, -0.1) is 0 Å². The highest BCUT2D eigenvalue weighted by molar-refractivity contribution is 5.82. The van der Waals surface area contributed by atoms with Gasteiger partial charge in [-0.2, -0.15) is 0 Å². The lowest BCUT2D eigenvalue weighted by atomic mass is 10.0. The van der Waals surface area contributed by atoms with E-state index in [9.17, 15) is 14.7 Å². The van der Waals surface area contributed by atoms with Crippen LogP contribution in [0.25, 0.3) is 0 Å². The Morgan fingerprint density at radius 3 is 2.53 bits per heavy atom. The monoisotopic (exact) mass is 272 g/mol. The van der Waals surface area contributed by atoms with Gasteiger partial charge in [-0.3, -0.25) is 0 Å². The lowest BCUT2D eigenvalue weighted by Gasteiger charge is -2.35. The molecule has 1 heterocycles. The van der Waals surface area contributed by atoms with Crippen LogP contribution in [0.2, 0.25) is 0 Å². The molecule has 0 aliphatic carbocycles. The molecule has 0 aromatic heterocycles. The Labute approximate surface area is 114 Å². The molecule has 1 saturated heterocycles. The highest BCUT2D eigenvalue weighted by atomic mass is 16.4. The van der Waals surface area contributed by atoms with E-state index in [-0.39, 0.29) is 19.2 Å². The number of hydrogen-bond acceptors (Lipinski definition) is 3. The van der Waals surface area contributed by atoms with Gasteiger partial charge in [-0.25, -0.2) is 9.59 Å². The number of nitrogens with zero attached hydrogens (tertiary/aromatic N) is 2. The first-order chi connectivity index (χ1) is 9.11. The van der Waals surface area contributed by atoms with Gasteiger partial charge in [-0.05, 0) is 19.8 Å². The van der Waals surface area contributed by atoms with Gasteiger partial charge in [0.05, 0.1) is 6.61 Å². The fraction of sp³-hybridized carbons (Fsp3) is 0.846. The Hall–Kier alpha value is -1.30. The van der Waals surface area contributed by atoms with Crippen LogP contribution < -0.4 is 0 Å². The fourth-order valence-electron chi connectivity index (χ4n) is 2.46. The van der Waals surface area contributed by atoms with Crippen molar-refractivity contribution in [3.8, 4) is 0 Å². The standard InChI is InChI=1S/C13H24N2O4/c1-2-14(9-10-16)13(19)15-8-6-4-3-5-7-11(15)12(17)18/h11,16H,2-10H2,1H3,(H,17,18). The third kappa shape index (κ3) is 4.38. The number of likely N-dealkylation sites (tertiary alicyclic amines) is 1. The number of hydrogen-bond donors (Lipinski definition) is 2. The number of amides is 2. The SMILES string of the molecule is CCN(CCO)C(=O)N1CCCCCCC1C(=O)O. The lowest BCUT2D eigenvalue weighted by Crippen LogP contribution is -2.52. The van der Waals surface area contributed by atoms with Crippen molar-refractivity contribution in [1.29, 1.82) is 0 Å². The number of carboxylic acids is 1. The quantitative estimate of drug-likeness (QED) is 0.804. The van der Waals surface area contributed by atoms with Gasteiger partial charge in [0.1, 0.15) is 6.04 Å². The van der Waals surface area contributed by atoms with Gasteiger partial charge in [0.15, 0.2) is 0 Å². The molecule has 2 N–H and O–H groups in total. The summed E-state index contributed by atoms with van der Waals surface area (Å²) in [5, 5.41) is 18.3. The number of aliphatic carboxylic acids is 1. The molecule has 1 fully saturated rings. The molecule has 1 atom stereocenters. The maximum Gasteiger partial charge on any atom is 0.326 e. The maximum atomic E-state index is 12.4. The minimum absolute atomic E-state index is 0.106. The number of likely N-dealkylation sites (N-methyl/N-ethyl adjacent to an activating group) is 1. The van der Waals surface area contributed by atoms with Crippen LogP contribution in [0.15, 0.2) is 0 Å². The van der Waals surface area contributed by atoms with Crippen LogP contribution >= 0.6 is 0 Å². The van der Waals surface area contributed by atoms with E-state index in [1.165, 1.54) is 9.80 Å². The van der Waals surface area contributed by atoms with E-state index in [1.54, 1.807) is 0 Å². The van der Waals surface area contributed by atoms with Crippen molar-refractivity contribution in [3.05, 3.63) is 0 Å². The van der Waals surface area contributed by atoms with Crippen molar-refractivity contribution >= 4 is 12.0 Å². The highest BCUT2D eigenvalue weighted by Gasteiger charge is 2.32. The van der Waals surface area contributed by atoms with E-state index in [2.05, 4.69) is 0 Å². The van der Waals surface area contributed by atoms with Crippen LogP contribution in [0.5, 0.6) is 0 Å². The fourth-order valence-corrected chi connectivity index (χ4v) is 2.46. The third-order valence-electron chi connectivity index (χ3n) is 3.56. The number of rotatable bonds is 4. The minimum Gasteiger partial charge on any atom is -0.480 e. The second-order valence-corrected chi connectivity index (χ2v) is 4.84. The number of carboxylic acid groups (broad SMARTS) is 1. The summed E-state index contributed by atoms with van der Waals surface area (Å²) in [4.78, 5) is 26.7. The van der Waals surface area contributed by atoms with E-state index in [0.717, 1.165) is 25.7 Å². The summed E-state index contributed by atoms with van der Waals surface area (Å²) in [6.07, 6.45) is 4.25. The summed E-state index contributed by atoms with van der Waals surface area (Å²) in [6.45, 7) is 2.93. The van der Waals surface area contributed by atoms with Crippen molar-refractivity contribution < 1.29 is 19.8 Å². The zero-order chi connectivity index (χ0) is 14.3. The zero-order valence-corrected chi connectivity index (χ0v) is 11.5. The Kier molecular flexibility index (Phi) is 6.62. The number of carbonyl (C=O) groups excluding carboxylic acids is 1. The van der Waals surface area contributed by atoms with Crippen molar-refractivity contribution in [3.63, 3.8) is 0 Å². The molecule has 1 unspecified atom stereocenters. The first kappa shape index (κ1) is 15.8. The van der Waals surface area contributed by atoms with Crippen molar-refractivity contribution in [2.75, 3.05) is 26.2 Å². The van der Waals surface area contributed by atoms with Crippen LogP contribution in [0.1, 0.15) is 39.0 Å². The molecule has 2 amide bonds. The molecule has 0 radical (unpaired) electrons. The van der Waals surface area contributed by atoms with Gasteiger partial charge in [0, 0.05) is 19.6 Å². The summed E-state index contributed by atoms with van der Waals surface area (Å²) in [5.74, 6) is -0.935. The number of aliphatic hydroxyl groups excluding tert-OH is 1. The molecule has 1 rings (SSSR count). The Morgan fingerprint density at radius 2 is 1.95 bits per heavy atom. The van der Waals surface area contributed by atoms with Gasteiger partial charge < -0.3 is 20.0 Å². The second-order valence-electron chi connectivity index (χ2n) is 4.84. The van der Waals surface area contributed by atoms with Crippen molar-refractivity contribution in [2.24, 2.45) is 0 Å². The molecule has 1 aliphatic rings. The summed E-state index contributed by atoms with van der Waals surface area (Å²) >= 11 is 0. The molecule has 110 valence electrons. The van der Waals surface area contributed by atoms with E-state index < -0.39 is 12.0 Å². The van der Waals surface area contributed by atoms with E-state index in [4.69, 9.17) is 5.11 Å². The maximum absolute atomic E-state index is 12.4. The molecule has 0 aromatic carbocycles. The zero-order valence-electron chi connectivity index (χ0n) is 11.5. The van der Waals surface area contributed by atoms with Gasteiger partial charge >= 0.3 is 12.0 Å². The molecule has 1 aliphatic heterocycles. The van der Waals surface area contributed by atoms with Crippen molar-refractivity contribution in [1.82, 2.24) is 9.80 Å². The molecule has 0 spiro atoms. The topological polar surface area (TPSA) is 81.1 Å². The molecule has 19 heavy (non-hydrogen) atoms. The first-order valence-electron chi connectivity index (χ1n) is 7.01. The van der Waals surface area contributed by atoms with E-state index >= 15 is 0 Å². The molecule has 6 heteroatoms. The first-order valence-corrected chi connectivity index (χ1v) is 7.01. The molecule has 6 nitrogen and oxygen atoms in total. The third-order valence-corrected chi connectivity index (χ3v) is 3.56. The highest BCUT2D eigenvalue weighted by Crippen LogP contribution is 2.18. The second kappa shape index (κ2) is 7.99. The van der Waals surface area contributed by atoms with Gasteiger partial charge in [-0.1, -0.05) is 19.3 Å². The lowest BCUT2D eigenvalue weighted by molar-refractivity contribution is -0.142. The smallest absolute Gasteiger partial charge is 0.326 e. The Morgan fingerprint density at radius 1 is 1.26 bits per heavy atom. The molecular formula is C13H24N2O4. The van der Waals surface area contributed by atoms with Crippen molar-refractivity contribution in [2.45, 2.75) is 45.1 Å². The van der Waals surface area contributed by atoms with E-state index in [1.807, 2.05) is 6.92 Å². The average Bonchev–Trinajstić information content (AvgIpc) is 2.34. The molecule has 0 saturated carbocycles. The average molecular weight is 272 g/mol. The molecule has 0 bridgehead atoms. The van der Waals surface area contributed by atoms with Crippen LogP contribution in [-0.4, -0.2) is 64.3 Å². The summed E-state index contributed by atoms with van der Waals surface area (Å²) in [7, 11) is 0.